The zero-order valence-corrected chi connectivity index (χ0v) is 13.4. The minimum Gasteiger partial charge on any atom is -0.262 e. The first kappa shape index (κ1) is 15.4. The summed E-state index contributed by atoms with van der Waals surface area (Å²) >= 11 is 5.73. The van der Waals surface area contributed by atoms with Crippen LogP contribution in [0.15, 0.2) is 24.7 Å². The van der Waals surface area contributed by atoms with Gasteiger partial charge in [0.25, 0.3) is 0 Å². The van der Waals surface area contributed by atoms with E-state index in [1.54, 1.807) is 12.1 Å². The van der Waals surface area contributed by atoms with Gasteiger partial charge in [-0.25, -0.2) is 18.4 Å². The molecule has 1 aliphatic rings. The third-order valence-electron chi connectivity index (χ3n) is 3.70. The number of sulfonamides is 1. The molecule has 0 bridgehead atoms. The SMILES string of the molecule is O=S(=O)(Cc1ccc(Cl)nc1)N1CCCCC1c1ncn[nH]1. The summed E-state index contributed by atoms with van der Waals surface area (Å²) in [5.41, 5.74) is 0.617. The van der Waals surface area contributed by atoms with Crippen molar-refractivity contribution in [3.05, 3.63) is 41.2 Å². The molecule has 1 N–H and O–H groups in total. The maximum Gasteiger partial charge on any atom is 0.219 e. The van der Waals surface area contributed by atoms with Crippen molar-refractivity contribution in [3.63, 3.8) is 0 Å². The minimum absolute atomic E-state index is 0.0954. The van der Waals surface area contributed by atoms with E-state index in [1.807, 2.05) is 0 Å². The van der Waals surface area contributed by atoms with Gasteiger partial charge in [-0.1, -0.05) is 24.1 Å². The highest BCUT2D eigenvalue weighted by Gasteiger charge is 2.34. The van der Waals surface area contributed by atoms with Gasteiger partial charge < -0.3 is 0 Å². The Labute approximate surface area is 133 Å². The maximum absolute atomic E-state index is 12.7. The topological polar surface area (TPSA) is 91.8 Å². The first-order valence-corrected chi connectivity index (χ1v) is 9.00. The second-order valence-corrected chi connectivity index (χ2v) is 7.55. The summed E-state index contributed by atoms with van der Waals surface area (Å²) < 4.78 is 27.0. The highest BCUT2D eigenvalue weighted by atomic mass is 35.5. The molecule has 0 amide bonds. The van der Waals surface area contributed by atoms with Crippen LogP contribution >= 0.6 is 11.6 Å². The Morgan fingerprint density at radius 1 is 1.32 bits per heavy atom. The Morgan fingerprint density at radius 3 is 2.86 bits per heavy atom. The molecule has 9 heteroatoms. The summed E-state index contributed by atoms with van der Waals surface area (Å²) in [6.07, 6.45) is 5.46. The summed E-state index contributed by atoms with van der Waals surface area (Å²) in [5, 5.41) is 6.95. The van der Waals surface area contributed by atoms with Crippen molar-refractivity contribution in [2.75, 3.05) is 6.54 Å². The standard InChI is InChI=1S/C13H16ClN5O2S/c14-12-5-4-10(7-15-12)8-22(20,21)19-6-2-1-3-11(19)13-16-9-17-18-13/h4-5,7,9,11H,1-3,6,8H2,(H,16,17,18). The Bertz CT molecular complexity index is 717. The van der Waals surface area contributed by atoms with Gasteiger partial charge in [-0.3, -0.25) is 5.10 Å². The summed E-state index contributed by atoms with van der Waals surface area (Å²) in [6, 6.07) is 3.00. The molecule has 1 fully saturated rings. The van der Waals surface area contributed by atoms with Gasteiger partial charge in [-0.15, -0.1) is 0 Å². The highest BCUT2D eigenvalue weighted by molar-refractivity contribution is 7.88. The summed E-state index contributed by atoms with van der Waals surface area (Å²) in [7, 11) is -3.46. The summed E-state index contributed by atoms with van der Waals surface area (Å²) in [6.45, 7) is 0.495. The van der Waals surface area contributed by atoms with Crippen molar-refractivity contribution in [2.45, 2.75) is 31.1 Å². The Morgan fingerprint density at radius 2 is 2.18 bits per heavy atom. The van der Waals surface area contributed by atoms with E-state index in [1.165, 1.54) is 16.8 Å². The lowest BCUT2D eigenvalue weighted by Gasteiger charge is -2.33. The predicted molar refractivity (Wildman–Crippen MR) is 81.6 cm³/mol. The fraction of sp³-hybridized carbons (Fsp3) is 0.462. The van der Waals surface area contributed by atoms with Crippen molar-refractivity contribution in [3.8, 4) is 0 Å². The number of rotatable bonds is 4. The Hall–Kier alpha value is -1.51. The van der Waals surface area contributed by atoms with Crippen LogP contribution < -0.4 is 0 Å². The van der Waals surface area contributed by atoms with E-state index in [0.29, 0.717) is 23.1 Å². The second kappa shape index (κ2) is 6.31. The Balaban J connectivity index is 1.84. The number of halogens is 1. The first-order valence-electron chi connectivity index (χ1n) is 7.01. The number of aromatic nitrogens is 4. The van der Waals surface area contributed by atoms with Crippen molar-refractivity contribution in [1.29, 1.82) is 0 Å². The van der Waals surface area contributed by atoms with Crippen LogP contribution in [0, 0.1) is 0 Å². The number of hydrogen-bond acceptors (Lipinski definition) is 5. The molecule has 1 unspecified atom stereocenters. The third kappa shape index (κ3) is 3.29. The quantitative estimate of drug-likeness (QED) is 0.857. The van der Waals surface area contributed by atoms with E-state index >= 15 is 0 Å². The van der Waals surface area contributed by atoms with Crippen LogP contribution in [-0.2, 0) is 15.8 Å². The lowest BCUT2D eigenvalue weighted by molar-refractivity contribution is 0.246. The van der Waals surface area contributed by atoms with Crippen LogP contribution in [0.25, 0.3) is 0 Å². The molecule has 2 aromatic heterocycles. The van der Waals surface area contributed by atoms with E-state index in [4.69, 9.17) is 11.6 Å². The smallest absolute Gasteiger partial charge is 0.219 e. The number of hydrogen-bond donors (Lipinski definition) is 1. The van der Waals surface area contributed by atoms with Crippen molar-refractivity contribution < 1.29 is 8.42 Å². The van der Waals surface area contributed by atoms with Gasteiger partial charge in [0.1, 0.15) is 17.3 Å². The van der Waals surface area contributed by atoms with Crippen molar-refractivity contribution in [2.24, 2.45) is 0 Å². The first-order chi connectivity index (χ1) is 10.6. The molecule has 2 aromatic rings. The van der Waals surface area contributed by atoms with Gasteiger partial charge in [0.05, 0.1) is 11.8 Å². The fourth-order valence-electron chi connectivity index (χ4n) is 2.67. The molecule has 0 radical (unpaired) electrons. The molecule has 118 valence electrons. The van der Waals surface area contributed by atoms with E-state index in [0.717, 1.165) is 19.3 Å². The molecule has 7 nitrogen and oxygen atoms in total. The molecule has 3 rings (SSSR count). The normalized spacial score (nSPS) is 20.1. The minimum atomic E-state index is -3.46. The molecule has 1 aliphatic heterocycles. The largest absolute Gasteiger partial charge is 0.262 e. The third-order valence-corrected chi connectivity index (χ3v) is 5.77. The lowest BCUT2D eigenvalue weighted by atomic mass is 10.0. The molecule has 22 heavy (non-hydrogen) atoms. The van der Waals surface area contributed by atoms with E-state index in [-0.39, 0.29) is 11.8 Å². The van der Waals surface area contributed by atoms with Gasteiger partial charge in [-0.05, 0) is 24.5 Å². The molecule has 0 saturated carbocycles. The molecule has 0 spiro atoms. The average molecular weight is 342 g/mol. The number of aromatic amines is 1. The van der Waals surface area contributed by atoms with Crippen LogP contribution in [0.3, 0.4) is 0 Å². The zero-order chi connectivity index (χ0) is 15.6. The maximum atomic E-state index is 12.7. The van der Waals surface area contributed by atoms with Crippen LogP contribution in [0.2, 0.25) is 5.15 Å². The number of nitrogens with one attached hydrogen (secondary N) is 1. The highest BCUT2D eigenvalue weighted by Crippen LogP contribution is 2.32. The van der Waals surface area contributed by atoms with Crippen LogP contribution in [0.4, 0.5) is 0 Å². The molecule has 0 aromatic carbocycles. The van der Waals surface area contributed by atoms with E-state index < -0.39 is 10.0 Å². The summed E-state index contributed by atoms with van der Waals surface area (Å²) in [5.74, 6) is 0.499. The number of nitrogens with zero attached hydrogens (tertiary/aromatic N) is 4. The van der Waals surface area contributed by atoms with Gasteiger partial charge in [0.15, 0.2) is 0 Å². The van der Waals surface area contributed by atoms with Crippen LogP contribution in [0.5, 0.6) is 0 Å². The molecule has 3 heterocycles. The average Bonchev–Trinajstić information content (AvgIpc) is 3.04. The van der Waals surface area contributed by atoms with E-state index in [9.17, 15) is 8.42 Å². The van der Waals surface area contributed by atoms with Crippen molar-refractivity contribution >= 4 is 21.6 Å². The fourth-order valence-corrected chi connectivity index (χ4v) is 4.54. The Kier molecular flexibility index (Phi) is 4.42. The van der Waals surface area contributed by atoms with Crippen LogP contribution in [0.1, 0.15) is 36.7 Å². The molecule has 1 saturated heterocycles. The monoisotopic (exact) mass is 341 g/mol. The van der Waals surface area contributed by atoms with E-state index in [2.05, 4.69) is 20.2 Å². The number of piperidine rings is 1. The van der Waals surface area contributed by atoms with Crippen molar-refractivity contribution in [1.82, 2.24) is 24.5 Å². The number of H-pyrrole nitrogens is 1. The van der Waals surface area contributed by atoms with Gasteiger partial charge in [-0.2, -0.15) is 9.40 Å². The summed E-state index contributed by atoms with van der Waals surface area (Å²) in [4.78, 5) is 8.05. The molecular formula is C13H16ClN5O2S. The van der Waals surface area contributed by atoms with Gasteiger partial charge in [0.2, 0.25) is 10.0 Å². The zero-order valence-electron chi connectivity index (χ0n) is 11.8. The van der Waals surface area contributed by atoms with Gasteiger partial charge in [0, 0.05) is 12.7 Å². The molecule has 0 aliphatic carbocycles. The molecular weight excluding hydrogens is 326 g/mol. The van der Waals surface area contributed by atoms with Crippen LogP contribution in [-0.4, -0.2) is 39.4 Å². The lowest BCUT2D eigenvalue weighted by Crippen LogP contribution is -2.39. The molecule has 1 atom stereocenters. The predicted octanol–water partition coefficient (Wildman–Crippen LogP) is 1.91. The number of pyridine rings is 1. The second-order valence-electron chi connectivity index (χ2n) is 5.24. The van der Waals surface area contributed by atoms with Gasteiger partial charge >= 0.3 is 0 Å².